The molecule has 1 N–H and O–H groups in total. The van der Waals surface area contributed by atoms with Crippen LogP contribution in [0.25, 0.3) is 0 Å². The second kappa shape index (κ2) is 10.3. The third-order valence-electron chi connectivity index (χ3n) is 5.70. The van der Waals surface area contributed by atoms with Crippen molar-refractivity contribution in [1.82, 2.24) is 10.2 Å². The van der Waals surface area contributed by atoms with E-state index in [1.807, 2.05) is 26.0 Å². The molecule has 1 amide bonds. The van der Waals surface area contributed by atoms with Crippen LogP contribution in [-0.2, 0) is 15.7 Å². The molecule has 2 aromatic carbocycles. The van der Waals surface area contributed by atoms with E-state index in [9.17, 15) is 18.0 Å². The van der Waals surface area contributed by atoms with Crippen molar-refractivity contribution in [2.24, 2.45) is 0 Å². The first kappa shape index (κ1) is 23.3. The Morgan fingerprint density at radius 2 is 1.77 bits per heavy atom. The summed E-state index contributed by atoms with van der Waals surface area (Å²) in [6, 6.07) is 13.4. The molecule has 0 aliphatic carbocycles. The lowest BCUT2D eigenvalue weighted by atomic mass is 9.96. The minimum atomic E-state index is -4.36. The van der Waals surface area contributed by atoms with E-state index in [4.69, 9.17) is 4.74 Å². The Bertz CT molecular complexity index is 862. The molecule has 2 unspecified atom stereocenters. The van der Waals surface area contributed by atoms with E-state index in [2.05, 4.69) is 22.3 Å². The summed E-state index contributed by atoms with van der Waals surface area (Å²) in [4.78, 5) is 14.9. The van der Waals surface area contributed by atoms with Gasteiger partial charge in [-0.25, -0.2) is 0 Å². The van der Waals surface area contributed by atoms with Gasteiger partial charge < -0.3 is 10.1 Å². The average molecular weight is 435 g/mol. The van der Waals surface area contributed by atoms with Gasteiger partial charge in [-0.05, 0) is 36.1 Å². The molecule has 0 radical (unpaired) electrons. The number of carbonyl (C=O) groups excluding carboxylic acids is 1. The molecule has 1 heterocycles. The van der Waals surface area contributed by atoms with Crippen molar-refractivity contribution >= 4 is 5.91 Å². The fourth-order valence-electron chi connectivity index (χ4n) is 3.90. The van der Waals surface area contributed by atoms with E-state index >= 15 is 0 Å². The van der Waals surface area contributed by atoms with Gasteiger partial charge >= 0.3 is 6.18 Å². The van der Waals surface area contributed by atoms with Crippen molar-refractivity contribution in [3.8, 4) is 0 Å². The van der Waals surface area contributed by atoms with Crippen LogP contribution in [0.5, 0.6) is 0 Å². The maximum absolute atomic E-state index is 12.7. The van der Waals surface area contributed by atoms with Gasteiger partial charge in [0.1, 0.15) is 0 Å². The van der Waals surface area contributed by atoms with Gasteiger partial charge in [0, 0.05) is 26.1 Å². The highest BCUT2D eigenvalue weighted by atomic mass is 19.4. The lowest BCUT2D eigenvalue weighted by Crippen LogP contribution is -2.44. The number of halogens is 3. The highest BCUT2D eigenvalue weighted by Gasteiger charge is 2.30. The molecule has 0 bridgehead atoms. The van der Waals surface area contributed by atoms with Crippen LogP contribution in [0.3, 0.4) is 0 Å². The van der Waals surface area contributed by atoms with E-state index in [1.165, 1.54) is 12.1 Å². The maximum Gasteiger partial charge on any atom is 0.416 e. The normalized spacial score (nSPS) is 17.2. The molecule has 2 aromatic rings. The molecule has 0 aromatic heterocycles. The number of aryl methyl sites for hydroxylation is 1. The summed E-state index contributed by atoms with van der Waals surface area (Å²) in [7, 11) is 0. The summed E-state index contributed by atoms with van der Waals surface area (Å²) in [5, 5.41) is 3.03. The van der Waals surface area contributed by atoms with Crippen LogP contribution in [0.4, 0.5) is 13.2 Å². The summed E-state index contributed by atoms with van der Waals surface area (Å²) in [5.74, 6) is -0.290. The molecular weight excluding hydrogens is 405 g/mol. The number of nitrogens with zero attached hydrogens (tertiary/aromatic N) is 1. The monoisotopic (exact) mass is 434 g/mol. The van der Waals surface area contributed by atoms with E-state index in [-0.39, 0.29) is 24.3 Å². The Labute approximate surface area is 181 Å². The molecule has 1 aliphatic rings. The van der Waals surface area contributed by atoms with Gasteiger partial charge in [0.25, 0.3) is 0 Å². The van der Waals surface area contributed by atoms with Crippen LogP contribution in [0.2, 0.25) is 0 Å². The Kier molecular flexibility index (Phi) is 7.73. The first-order chi connectivity index (χ1) is 14.7. The van der Waals surface area contributed by atoms with Crippen molar-refractivity contribution in [3.63, 3.8) is 0 Å². The van der Waals surface area contributed by atoms with Crippen LogP contribution in [-0.4, -0.2) is 43.7 Å². The van der Waals surface area contributed by atoms with Gasteiger partial charge in [0.2, 0.25) is 5.91 Å². The van der Waals surface area contributed by atoms with Crippen molar-refractivity contribution in [2.45, 2.75) is 38.4 Å². The number of hydrogen-bond donors (Lipinski definition) is 1. The largest absolute Gasteiger partial charge is 0.416 e. The fraction of sp³-hybridized carbons (Fsp3) is 0.458. The van der Waals surface area contributed by atoms with E-state index in [1.54, 1.807) is 0 Å². The molecular formula is C24H29F3N2O2. The molecule has 2 atom stereocenters. The minimum absolute atomic E-state index is 0.0501. The van der Waals surface area contributed by atoms with Crippen LogP contribution >= 0.6 is 0 Å². The molecule has 1 fully saturated rings. The summed E-state index contributed by atoms with van der Waals surface area (Å²) >= 11 is 0. The van der Waals surface area contributed by atoms with E-state index < -0.39 is 11.7 Å². The Morgan fingerprint density at radius 3 is 2.39 bits per heavy atom. The zero-order valence-electron chi connectivity index (χ0n) is 17.9. The van der Waals surface area contributed by atoms with Crippen molar-refractivity contribution in [3.05, 3.63) is 70.8 Å². The van der Waals surface area contributed by atoms with Gasteiger partial charge in [-0.2, -0.15) is 13.2 Å². The van der Waals surface area contributed by atoms with Gasteiger partial charge in [-0.3, -0.25) is 9.69 Å². The molecule has 3 rings (SSSR count). The molecule has 31 heavy (non-hydrogen) atoms. The second-order valence-corrected chi connectivity index (χ2v) is 8.11. The highest BCUT2D eigenvalue weighted by Crippen LogP contribution is 2.30. The summed E-state index contributed by atoms with van der Waals surface area (Å²) in [6.07, 6.45) is -4.14. The first-order valence-electron chi connectivity index (χ1n) is 10.6. The number of hydrogen-bond acceptors (Lipinski definition) is 3. The topological polar surface area (TPSA) is 41.6 Å². The summed E-state index contributed by atoms with van der Waals surface area (Å²) in [5.41, 5.74) is 2.35. The Morgan fingerprint density at radius 1 is 1.10 bits per heavy atom. The first-order valence-corrected chi connectivity index (χ1v) is 10.6. The highest BCUT2D eigenvalue weighted by molar-refractivity contribution is 5.76. The van der Waals surface area contributed by atoms with Crippen LogP contribution in [0, 0.1) is 6.92 Å². The number of ether oxygens (including phenoxy) is 1. The molecule has 1 saturated heterocycles. The standard InChI is InChI=1S/C24H29F3N2O2/c1-17-4-3-5-20(14-17)22(29-10-12-31-13-11-29)16-28-23(30)15-18(2)19-6-8-21(9-7-19)24(25,26)27/h3-9,14,18,22H,10-13,15-16H2,1-2H3,(H,28,30). The number of nitrogens with one attached hydrogen (secondary N) is 1. The number of benzene rings is 2. The molecule has 7 heteroatoms. The number of rotatable bonds is 7. The number of carbonyl (C=O) groups is 1. The number of morpholine rings is 1. The van der Waals surface area contributed by atoms with Crippen molar-refractivity contribution in [1.29, 1.82) is 0 Å². The van der Waals surface area contributed by atoms with Crippen molar-refractivity contribution in [2.75, 3.05) is 32.8 Å². The lowest BCUT2D eigenvalue weighted by Gasteiger charge is -2.35. The van der Waals surface area contributed by atoms with Crippen molar-refractivity contribution < 1.29 is 22.7 Å². The Hall–Kier alpha value is -2.38. The summed E-state index contributed by atoms with van der Waals surface area (Å²) < 4.78 is 43.7. The predicted octanol–water partition coefficient (Wildman–Crippen LogP) is 4.70. The van der Waals surface area contributed by atoms with E-state index in [0.29, 0.717) is 25.3 Å². The number of alkyl halides is 3. The van der Waals surface area contributed by atoms with Crippen LogP contribution in [0.15, 0.2) is 48.5 Å². The van der Waals surface area contributed by atoms with Gasteiger partial charge in [-0.1, -0.05) is 48.9 Å². The molecule has 0 saturated carbocycles. The minimum Gasteiger partial charge on any atom is -0.379 e. The fourth-order valence-corrected chi connectivity index (χ4v) is 3.90. The third-order valence-corrected chi connectivity index (χ3v) is 5.70. The Balaban J connectivity index is 1.61. The summed E-state index contributed by atoms with van der Waals surface area (Å²) in [6.45, 7) is 7.31. The lowest BCUT2D eigenvalue weighted by molar-refractivity contribution is -0.137. The molecule has 168 valence electrons. The molecule has 1 aliphatic heterocycles. The van der Waals surface area contributed by atoms with Crippen LogP contribution < -0.4 is 5.32 Å². The molecule has 0 spiro atoms. The zero-order chi connectivity index (χ0) is 22.4. The van der Waals surface area contributed by atoms with Gasteiger partial charge in [0.05, 0.1) is 24.8 Å². The second-order valence-electron chi connectivity index (χ2n) is 8.11. The third kappa shape index (κ3) is 6.55. The van der Waals surface area contributed by atoms with Crippen LogP contribution in [0.1, 0.15) is 47.6 Å². The zero-order valence-corrected chi connectivity index (χ0v) is 17.9. The maximum atomic E-state index is 12.7. The smallest absolute Gasteiger partial charge is 0.379 e. The van der Waals surface area contributed by atoms with E-state index in [0.717, 1.165) is 36.3 Å². The predicted molar refractivity (Wildman–Crippen MR) is 114 cm³/mol. The van der Waals surface area contributed by atoms with Gasteiger partial charge in [0.15, 0.2) is 0 Å². The average Bonchev–Trinajstić information content (AvgIpc) is 2.74. The van der Waals surface area contributed by atoms with Gasteiger partial charge in [-0.15, -0.1) is 0 Å². The SMILES string of the molecule is Cc1cccc(C(CNC(=O)CC(C)c2ccc(C(F)(F)F)cc2)N2CCOCC2)c1. The number of amides is 1. The molecule has 4 nitrogen and oxygen atoms in total. The quantitative estimate of drug-likeness (QED) is 0.687.